The number of rotatable bonds is 0. The van der Waals surface area contributed by atoms with Gasteiger partial charge in [0.25, 0.3) is 0 Å². The average molecular weight is 160 g/mol. The molecule has 0 bridgehead atoms. The zero-order chi connectivity index (χ0) is 7.97. The molecule has 3 heterocycles. The summed E-state index contributed by atoms with van der Waals surface area (Å²) in [5, 5.41) is 8.14. The molecule has 3 aromatic heterocycles. The quantitative estimate of drug-likeness (QED) is 0.388. The summed E-state index contributed by atoms with van der Waals surface area (Å²) in [6, 6.07) is 0. The van der Waals surface area contributed by atoms with Crippen molar-refractivity contribution in [2.45, 2.75) is 0 Å². The fourth-order valence-corrected chi connectivity index (χ4v) is 1.13. The van der Waals surface area contributed by atoms with Gasteiger partial charge in [-0.15, -0.1) is 4.98 Å². The fraction of sp³-hybridized carbons (Fsp3) is 0. The van der Waals surface area contributed by atoms with Gasteiger partial charge in [-0.2, -0.15) is 9.26 Å². The molecule has 0 unspecified atom stereocenters. The Bertz CT molecular complexity index is 534. The topological polar surface area (TPSA) is 61.3 Å². The predicted octanol–water partition coefficient (Wildman–Crippen LogP) is -1.18. The highest BCUT2D eigenvalue weighted by atomic mass is 15.6. The van der Waals surface area contributed by atoms with Crippen LogP contribution in [0, 0.1) is 0 Å². The Morgan fingerprint density at radius 1 is 1.33 bits per heavy atom. The molecule has 6 heteroatoms. The van der Waals surface area contributed by atoms with E-state index in [2.05, 4.69) is 20.2 Å². The molecule has 0 aliphatic rings. The first-order valence-electron chi connectivity index (χ1n) is 3.44. The lowest BCUT2D eigenvalue weighted by molar-refractivity contribution is -0.659. The molecule has 3 rings (SSSR count). The van der Waals surface area contributed by atoms with E-state index in [9.17, 15) is 0 Å². The Morgan fingerprint density at radius 2 is 2.25 bits per heavy atom. The van der Waals surface area contributed by atoms with Crippen LogP contribution in [0.3, 0.4) is 0 Å². The van der Waals surface area contributed by atoms with E-state index in [1.54, 1.807) is 34.0 Å². The van der Waals surface area contributed by atoms with Crippen molar-refractivity contribution in [2.24, 2.45) is 0 Å². The van der Waals surface area contributed by atoms with E-state index >= 15 is 0 Å². The number of hydrogen-bond donors (Lipinski definition) is 0. The van der Waals surface area contributed by atoms with Crippen molar-refractivity contribution >= 4 is 11.3 Å². The second kappa shape index (κ2) is 1.79. The number of hydrogen-bond acceptors (Lipinski definition) is 3. The van der Waals surface area contributed by atoms with Crippen LogP contribution in [0.2, 0.25) is 0 Å². The van der Waals surface area contributed by atoms with Gasteiger partial charge in [0.15, 0.2) is 0 Å². The second-order valence-corrected chi connectivity index (χ2v) is 2.33. The second-order valence-electron chi connectivity index (χ2n) is 2.33. The molecular weight excluding hydrogens is 156 g/mol. The fourth-order valence-electron chi connectivity index (χ4n) is 1.13. The Labute approximate surface area is 66.5 Å². The third-order valence-electron chi connectivity index (χ3n) is 1.62. The Hall–Kier alpha value is -1.98. The predicted molar refractivity (Wildman–Crippen MR) is 37.3 cm³/mol. The molecular formula is C6H4N6. The van der Waals surface area contributed by atoms with Crippen LogP contribution in [0.4, 0.5) is 0 Å². The monoisotopic (exact) mass is 160 g/mol. The van der Waals surface area contributed by atoms with Gasteiger partial charge in [0.05, 0.1) is 6.20 Å². The maximum Gasteiger partial charge on any atom is 0.333 e. The molecule has 0 aromatic carbocycles. The number of nitrogens with zero attached hydrogens (tertiary/aromatic N) is 6. The zero-order valence-corrected chi connectivity index (χ0v) is 5.99. The minimum Gasteiger partial charge on any atom is -0.308 e. The summed E-state index contributed by atoms with van der Waals surface area (Å²) in [5.74, 6) is 0. The SMILES string of the molecule is c1cnc2c(n1)nn1cc[n-][n+]21. The highest BCUT2D eigenvalue weighted by molar-refractivity contribution is 5.58. The maximum absolute atomic E-state index is 4.12. The van der Waals surface area contributed by atoms with Crippen molar-refractivity contribution in [3.8, 4) is 0 Å². The third-order valence-corrected chi connectivity index (χ3v) is 1.62. The highest BCUT2D eigenvalue weighted by Crippen LogP contribution is 1.95. The molecule has 58 valence electrons. The van der Waals surface area contributed by atoms with E-state index < -0.39 is 0 Å². The summed E-state index contributed by atoms with van der Waals surface area (Å²) >= 11 is 0. The summed E-state index contributed by atoms with van der Waals surface area (Å²) in [6.07, 6.45) is 6.62. The summed E-state index contributed by atoms with van der Waals surface area (Å²) in [5.41, 5.74) is 1.27. The van der Waals surface area contributed by atoms with Crippen LogP contribution in [0.1, 0.15) is 0 Å². The molecule has 3 aromatic rings. The van der Waals surface area contributed by atoms with Crippen LogP contribution >= 0.6 is 0 Å². The van der Waals surface area contributed by atoms with E-state index in [-0.39, 0.29) is 0 Å². The van der Waals surface area contributed by atoms with Crippen molar-refractivity contribution < 1.29 is 4.63 Å². The molecule has 0 aliphatic heterocycles. The number of fused-ring (bicyclic) bond motifs is 3. The van der Waals surface area contributed by atoms with E-state index in [0.717, 1.165) is 0 Å². The summed E-state index contributed by atoms with van der Waals surface area (Å²) in [6.45, 7) is 0. The van der Waals surface area contributed by atoms with E-state index in [1.807, 2.05) is 0 Å². The van der Waals surface area contributed by atoms with Crippen molar-refractivity contribution in [2.75, 3.05) is 0 Å². The lowest BCUT2D eigenvalue weighted by atomic mass is 10.7. The largest absolute Gasteiger partial charge is 0.333 e. The van der Waals surface area contributed by atoms with Crippen molar-refractivity contribution in [3.05, 3.63) is 24.8 Å². The standard InChI is InChI=1S/C6H4N6/c1-2-8-6-5(7-1)10-11-4-3-9-12(6)11/h1-4H. The van der Waals surface area contributed by atoms with Gasteiger partial charge in [0.2, 0.25) is 0 Å². The van der Waals surface area contributed by atoms with E-state index in [4.69, 9.17) is 0 Å². The number of aromatic nitrogens is 6. The molecule has 0 fully saturated rings. The van der Waals surface area contributed by atoms with Gasteiger partial charge >= 0.3 is 11.3 Å². The molecule has 0 saturated heterocycles. The van der Waals surface area contributed by atoms with Crippen LogP contribution in [0.15, 0.2) is 24.8 Å². The van der Waals surface area contributed by atoms with Gasteiger partial charge in [-0.25, -0.2) is 4.98 Å². The lowest BCUT2D eigenvalue weighted by Crippen LogP contribution is -2.30. The summed E-state index contributed by atoms with van der Waals surface area (Å²) in [7, 11) is 0. The Kier molecular flexibility index (Phi) is 0.840. The van der Waals surface area contributed by atoms with Crippen LogP contribution in [-0.2, 0) is 0 Å². The molecule has 0 radical (unpaired) electrons. The van der Waals surface area contributed by atoms with Gasteiger partial charge in [-0.1, -0.05) is 5.10 Å². The molecule has 0 saturated carbocycles. The lowest BCUT2D eigenvalue weighted by Gasteiger charge is -1.83. The van der Waals surface area contributed by atoms with E-state index in [1.165, 1.54) is 0 Å². The summed E-state index contributed by atoms with van der Waals surface area (Å²) < 4.78 is 3.17. The van der Waals surface area contributed by atoms with Crippen LogP contribution in [0.25, 0.3) is 11.3 Å². The molecule has 0 N–H and O–H groups in total. The maximum atomic E-state index is 4.12. The Morgan fingerprint density at radius 3 is 3.25 bits per heavy atom. The normalized spacial score (nSPS) is 11.3. The molecule has 6 nitrogen and oxygen atoms in total. The molecule has 0 amide bonds. The van der Waals surface area contributed by atoms with E-state index in [0.29, 0.717) is 11.3 Å². The minimum atomic E-state index is 0.602. The first kappa shape index (κ1) is 5.64. The molecule has 0 aliphatic carbocycles. The van der Waals surface area contributed by atoms with Crippen LogP contribution in [-0.4, -0.2) is 19.7 Å². The van der Waals surface area contributed by atoms with Crippen molar-refractivity contribution in [1.29, 1.82) is 0 Å². The first-order chi connectivity index (χ1) is 5.95. The van der Waals surface area contributed by atoms with Gasteiger partial charge < -0.3 is 5.10 Å². The van der Waals surface area contributed by atoms with Crippen LogP contribution in [0.5, 0.6) is 0 Å². The first-order valence-corrected chi connectivity index (χ1v) is 3.44. The van der Waals surface area contributed by atoms with Gasteiger partial charge in [0, 0.05) is 0 Å². The highest BCUT2D eigenvalue weighted by Gasteiger charge is 2.08. The van der Waals surface area contributed by atoms with Crippen LogP contribution < -0.4 is 9.73 Å². The van der Waals surface area contributed by atoms with Gasteiger partial charge in [-0.3, -0.25) is 0 Å². The molecule has 12 heavy (non-hydrogen) atoms. The minimum absolute atomic E-state index is 0.602. The summed E-state index contributed by atoms with van der Waals surface area (Å²) in [4.78, 5) is 8.13. The average Bonchev–Trinajstić information content (AvgIpc) is 2.62. The van der Waals surface area contributed by atoms with Gasteiger partial charge in [-0.05, 0) is 12.4 Å². The molecule has 0 spiro atoms. The van der Waals surface area contributed by atoms with Gasteiger partial charge in [0.1, 0.15) is 6.20 Å². The van der Waals surface area contributed by atoms with Crippen molar-refractivity contribution in [3.63, 3.8) is 0 Å². The zero-order valence-electron chi connectivity index (χ0n) is 5.99. The third kappa shape index (κ3) is 0.541. The van der Waals surface area contributed by atoms with Crippen molar-refractivity contribution in [1.82, 2.24) is 24.8 Å². The Balaban J connectivity index is 2.68. The smallest absolute Gasteiger partial charge is 0.308 e. The molecule has 0 atom stereocenters.